The van der Waals surface area contributed by atoms with Crippen LogP contribution in [0.2, 0.25) is 0 Å². The largest absolute Gasteiger partial charge is 0.429 e. The molecule has 0 atom stereocenters. The number of unbranched alkanes of at least 4 members (excludes halogenated alkanes) is 1. The second kappa shape index (κ2) is 11.6. The van der Waals surface area contributed by atoms with Crippen molar-refractivity contribution in [3.05, 3.63) is 88.7 Å². The van der Waals surface area contributed by atoms with Gasteiger partial charge in [-0.3, -0.25) is 0 Å². The first kappa shape index (κ1) is 28.9. The van der Waals surface area contributed by atoms with E-state index in [0.29, 0.717) is 23.6 Å². The standard InChI is InChI=1S/C30H28F8O/c1-2-3-6-18-9-11-19(12-10-18)20-13-14-23(24(31)15-20)30(37,38)39-27-8-5-4-7-22(27)21-16-25(32)28(26(33)17-21)29(34,35)36/h4-5,7-8,13-19H,2-3,6,9-12H2,1H3. The molecule has 4 rings (SSSR count). The minimum atomic E-state index is -5.28. The average molecular weight is 557 g/mol. The number of hydrogen-bond acceptors (Lipinski definition) is 1. The summed E-state index contributed by atoms with van der Waals surface area (Å²) in [5, 5.41) is 0. The SMILES string of the molecule is CCCCC1CCC(c2ccc(C(F)(F)Oc3ccccc3-c3cc(F)c(C(F)(F)F)c(F)c3)c(F)c2)CC1. The molecule has 0 aliphatic heterocycles. The van der Waals surface area contributed by atoms with Crippen LogP contribution >= 0.6 is 0 Å². The van der Waals surface area contributed by atoms with Crippen molar-refractivity contribution in [2.45, 2.75) is 70.1 Å². The lowest BCUT2D eigenvalue weighted by atomic mass is 9.77. The molecule has 210 valence electrons. The Morgan fingerprint density at radius 2 is 1.44 bits per heavy atom. The number of rotatable bonds is 8. The summed E-state index contributed by atoms with van der Waals surface area (Å²) in [7, 11) is 0. The van der Waals surface area contributed by atoms with Gasteiger partial charge in [-0.05, 0) is 79.0 Å². The number of para-hydroxylation sites is 1. The molecule has 0 radical (unpaired) electrons. The van der Waals surface area contributed by atoms with Crippen LogP contribution in [0.4, 0.5) is 35.1 Å². The molecule has 0 bridgehead atoms. The van der Waals surface area contributed by atoms with Crippen molar-refractivity contribution < 1.29 is 39.9 Å². The van der Waals surface area contributed by atoms with Gasteiger partial charge in [-0.1, -0.05) is 50.5 Å². The van der Waals surface area contributed by atoms with Crippen LogP contribution in [0.15, 0.2) is 54.6 Å². The van der Waals surface area contributed by atoms with E-state index in [9.17, 15) is 26.3 Å². The van der Waals surface area contributed by atoms with Crippen LogP contribution in [0, 0.1) is 23.4 Å². The van der Waals surface area contributed by atoms with Crippen LogP contribution in [0.1, 0.15) is 74.5 Å². The van der Waals surface area contributed by atoms with Gasteiger partial charge < -0.3 is 4.74 Å². The first-order valence-corrected chi connectivity index (χ1v) is 12.9. The third kappa shape index (κ3) is 6.56. The predicted molar refractivity (Wildman–Crippen MR) is 132 cm³/mol. The smallest absolute Gasteiger partial charge is 0.428 e. The third-order valence-corrected chi connectivity index (χ3v) is 7.35. The van der Waals surface area contributed by atoms with Crippen LogP contribution in [0.25, 0.3) is 11.1 Å². The first-order valence-electron chi connectivity index (χ1n) is 12.9. The van der Waals surface area contributed by atoms with Crippen molar-refractivity contribution in [1.82, 2.24) is 0 Å². The molecule has 0 N–H and O–H groups in total. The Kier molecular flexibility index (Phi) is 8.57. The van der Waals surface area contributed by atoms with E-state index in [4.69, 9.17) is 4.74 Å². The Morgan fingerprint density at radius 3 is 2.03 bits per heavy atom. The summed E-state index contributed by atoms with van der Waals surface area (Å²) < 4.78 is 117. The highest BCUT2D eigenvalue weighted by Gasteiger charge is 2.40. The molecule has 0 spiro atoms. The van der Waals surface area contributed by atoms with Crippen molar-refractivity contribution in [2.24, 2.45) is 5.92 Å². The van der Waals surface area contributed by atoms with Gasteiger partial charge in [0.2, 0.25) is 0 Å². The maximum atomic E-state index is 15.2. The van der Waals surface area contributed by atoms with E-state index in [1.165, 1.54) is 24.6 Å². The van der Waals surface area contributed by atoms with Crippen molar-refractivity contribution >= 4 is 0 Å². The van der Waals surface area contributed by atoms with E-state index in [-0.39, 0.29) is 11.5 Å². The highest BCUT2D eigenvalue weighted by atomic mass is 19.4. The van der Waals surface area contributed by atoms with Gasteiger partial charge in [-0.25, -0.2) is 13.2 Å². The number of halogens is 8. The molecule has 0 aromatic heterocycles. The van der Waals surface area contributed by atoms with Gasteiger partial charge >= 0.3 is 12.3 Å². The fourth-order valence-electron chi connectivity index (χ4n) is 5.29. The monoisotopic (exact) mass is 556 g/mol. The number of hydrogen-bond donors (Lipinski definition) is 0. The van der Waals surface area contributed by atoms with Crippen LogP contribution in [-0.4, -0.2) is 0 Å². The average Bonchev–Trinajstić information content (AvgIpc) is 2.86. The van der Waals surface area contributed by atoms with Crippen LogP contribution in [0.3, 0.4) is 0 Å². The highest BCUT2D eigenvalue weighted by molar-refractivity contribution is 5.71. The molecule has 3 aromatic carbocycles. The molecule has 3 aromatic rings. The Bertz CT molecular complexity index is 1270. The zero-order valence-electron chi connectivity index (χ0n) is 21.2. The molecule has 1 aliphatic carbocycles. The third-order valence-electron chi connectivity index (χ3n) is 7.35. The van der Waals surface area contributed by atoms with E-state index in [1.807, 2.05) is 0 Å². The Balaban J connectivity index is 1.56. The second-order valence-electron chi connectivity index (χ2n) is 10.0. The minimum Gasteiger partial charge on any atom is -0.428 e. The number of alkyl halides is 5. The molecule has 1 aliphatic rings. The van der Waals surface area contributed by atoms with E-state index in [1.54, 1.807) is 0 Å². The summed E-state index contributed by atoms with van der Waals surface area (Å²) in [6.45, 7) is 2.14. The molecular formula is C30H28F8O. The summed E-state index contributed by atoms with van der Waals surface area (Å²) in [5.41, 5.74) is -3.22. The van der Waals surface area contributed by atoms with Gasteiger partial charge in [0, 0.05) is 5.56 Å². The van der Waals surface area contributed by atoms with E-state index in [2.05, 4.69) is 6.92 Å². The quantitative estimate of drug-likeness (QED) is 0.251. The number of benzene rings is 3. The molecule has 9 heteroatoms. The van der Waals surface area contributed by atoms with Gasteiger partial charge in [0.15, 0.2) is 0 Å². The second-order valence-corrected chi connectivity index (χ2v) is 10.0. The lowest BCUT2D eigenvalue weighted by Gasteiger charge is -2.29. The summed E-state index contributed by atoms with van der Waals surface area (Å²) in [5.74, 6) is -4.84. The summed E-state index contributed by atoms with van der Waals surface area (Å²) in [4.78, 5) is 0. The number of ether oxygens (including phenoxy) is 1. The molecular weight excluding hydrogens is 528 g/mol. The molecule has 1 saturated carbocycles. The molecule has 1 fully saturated rings. The van der Waals surface area contributed by atoms with E-state index < -0.39 is 52.2 Å². The summed E-state index contributed by atoms with van der Waals surface area (Å²) in [6, 6.07) is 9.13. The van der Waals surface area contributed by atoms with Crippen molar-refractivity contribution in [3.63, 3.8) is 0 Å². The molecule has 1 nitrogen and oxygen atoms in total. The highest BCUT2D eigenvalue weighted by Crippen LogP contribution is 2.42. The Morgan fingerprint density at radius 1 is 0.795 bits per heavy atom. The molecule has 0 saturated heterocycles. The van der Waals surface area contributed by atoms with Gasteiger partial charge in [-0.2, -0.15) is 22.0 Å². The van der Waals surface area contributed by atoms with Crippen molar-refractivity contribution in [1.29, 1.82) is 0 Å². The van der Waals surface area contributed by atoms with E-state index >= 15 is 8.78 Å². The van der Waals surface area contributed by atoms with Gasteiger partial charge in [0.05, 0.1) is 5.56 Å². The molecule has 0 amide bonds. The van der Waals surface area contributed by atoms with E-state index in [0.717, 1.165) is 62.8 Å². The van der Waals surface area contributed by atoms with Crippen LogP contribution in [0.5, 0.6) is 5.75 Å². The van der Waals surface area contributed by atoms with Gasteiger partial charge in [-0.15, -0.1) is 0 Å². The normalized spacial score (nSPS) is 18.3. The predicted octanol–water partition coefficient (Wildman–Crippen LogP) is 10.4. The Hall–Kier alpha value is -3.10. The first-order chi connectivity index (χ1) is 18.4. The Labute approximate surface area is 221 Å². The zero-order valence-corrected chi connectivity index (χ0v) is 21.2. The molecule has 0 heterocycles. The minimum absolute atomic E-state index is 0.0751. The fraction of sp³-hybridized carbons (Fsp3) is 0.400. The van der Waals surface area contributed by atoms with Gasteiger partial charge in [0.1, 0.15) is 28.8 Å². The maximum absolute atomic E-state index is 15.2. The van der Waals surface area contributed by atoms with Crippen LogP contribution in [-0.2, 0) is 12.3 Å². The lowest BCUT2D eigenvalue weighted by molar-refractivity contribution is -0.187. The summed E-state index contributed by atoms with van der Waals surface area (Å²) in [6.07, 6.45) is -2.28. The maximum Gasteiger partial charge on any atom is 0.429 e. The zero-order chi connectivity index (χ0) is 28.4. The molecule has 0 unspecified atom stereocenters. The topological polar surface area (TPSA) is 9.23 Å². The van der Waals surface area contributed by atoms with Crippen LogP contribution < -0.4 is 4.74 Å². The fourth-order valence-corrected chi connectivity index (χ4v) is 5.29. The lowest BCUT2D eigenvalue weighted by Crippen LogP contribution is -2.24. The molecule has 39 heavy (non-hydrogen) atoms. The summed E-state index contributed by atoms with van der Waals surface area (Å²) >= 11 is 0. The van der Waals surface area contributed by atoms with Crippen molar-refractivity contribution in [2.75, 3.05) is 0 Å². The van der Waals surface area contributed by atoms with Crippen molar-refractivity contribution in [3.8, 4) is 16.9 Å². The van der Waals surface area contributed by atoms with Gasteiger partial charge in [0.25, 0.3) is 0 Å².